The van der Waals surface area contributed by atoms with E-state index in [1.807, 2.05) is 38.3 Å². The Labute approximate surface area is 198 Å². The predicted molar refractivity (Wildman–Crippen MR) is 120 cm³/mol. The van der Waals surface area contributed by atoms with E-state index in [2.05, 4.69) is 4.98 Å². The third-order valence-electron chi connectivity index (χ3n) is 6.10. The Kier molecular flexibility index (Phi) is 6.47. The maximum atomic E-state index is 11.7. The number of carbonyl (C=O) groups excluding carboxylic acids is 1. The molecule has 0 aromatic carbocycles. The first-order valence-electron chi connectivity index (χ1n) is 11.3. The number of hydrogen-bond donors (Lipinski definition) is 2. The van der Waals surface area contributed by atoms with E-state index < -0.39 is 44.4 Å². The second-order valence-electron chi connectivity index (χ2n) is 9.05. The van der Waals surface area contributed by atoms with Gasteiger partial charge in [-0.1, -0.05) is 0 Å². The van der Waals surface area contributed by atoms with Crippen molar-refractivity contribution in [2.45, 2.75) is 63.1 Å². The van der Waals surface area contributed by atoms with E-state index in [0.717, 1.165) is 5.56 Å². The topological polar surface area (TPSA) is 135 Å². The predicted octanol–water partition coefficient (Wildman–Crippen LogP) is 1.81. The normalized spacial score (nSPS) is 35.0. The van der Waals surface area contributed by atoms with Crippen LogP contribution in [-0.4, -0.2) is 64.2 Å². The standard InChI is InChI=1S/C22H30N3O8P/c1-22(2)31-18-17(30-21(19(18)32-22)25-9-4-6-15(12-25)20(23)26)13-29-34(27)28-10-7-16(33-34)14-5-3-8-24-11-14/h3-5,8-9,11-12,16-19,21,27,34H,6-7,10,13H2,1-2H3,(H2,23,26)/t16?,17?,18-,19-,21-/m1/s1. The van der Waals surface area contributed by atoms with Gasteiger partial charge in [-0.3, -0.25) is 0 Å². The zero-order chi connectivity index (χ0) is 23.9. The molecule has 1 amide bonds. The molecule has 0 radical (unpaired) electrons. The molecule has 12 heteroatoms. The van der Waals surface area contributed by atoms with Crippen molar-refractivity contribution >= 4 is 14.1 Å². The van der Waals surface area contributed by atoms with E-state index in [9.17, 15) is 9.69 Å². The van der Waals surface area contributed by atoms with Gasteiger partial charge >= 0.3 is 198 Å². The van der Waals surface area contributed by atoms with E-state index in [4.69, 9.17) is 33.5 Å². The number of amides is 1. The molecule has 5 rings (SSSR count). The molecule has 11 nitrogen and oxygen atoms in total. The molecule has 0 saturated carbocycles. The van der Waals surface area contributed by atoms with Crippen LogP contribution < -0.4 is 5.73 Å². The minimum atomic E-state index is -3.92. The SMILES string of the molecule is CC1(C)O[C@@H]2[C@H](O1)C(CO[PH]1(O)OCCC(c3cccnc3)O1)O[C@H]2N1C=CCC(C(N)=O)=C1. The van der Waals surface area contributed by atoms with Crippen molar-refractivity contribution in [3.05, 3.63) is 54.1 Å². The summed E-state index contributed by atoms with van der Waals surface area (Å²) in [5.74, 6) is -1.32. The number of pyridine rings is 1. The second-order valence-corrected chi connectivity index (χ2v) is 10.9. The molecule has 0 spiro atoms. The van der Waals surface area contributed by atoms with Gasteiger partial charge in [0.15, 0.2) is 0 Å². The van der Waals surface area contributed by atoms with Crippen LogP contribution in [0.2, 0.25) is 0 Å². The van der Waals surface area contributed by atoms with Crippen molar-refractivity contribution in [1.82, 2.24) is 9.88 Å². The molecule has 1 aromatic heterocycles. The average Bonchev–Trinajstić information content (AvgIpc) is 3.31. The van der Waals surface area contributed by atoms with Crippen LogP contribution in [0.3, 0.4) is 0 Å². The molecular weight excluding hydrogens is 465 g/mol. The van der Waals surface area contributed by atoms with Gasteiger partial charge in [0.05, 0.1) is 0 Å². The average molecular weight is 495 g/mol. The quantitative estimate of drug-likeness (QED) is 0.563. The summed E-state index contributed by atoms with van der Waals surface area (Å²) < 4.78 is 35.6. The van der Waals surface area contributed by atoms with Crippen LogP contribution in [0.15, 0.2) is 48.6 Å². The van der Waals surface area contributed by atoms with Crippen molar-refractivity contribution in [1.29, 1.82) is 0 Å². The summed E-state index contributed by atoms with van der Waals surface area (Å²) in [7, 11) is -3.92. The van der Waals surface area contributed by atoms with Crippen LogP contribution in [0.5, 0.6) is 0 Å². The molecule has 0 aliphatic carbocycles. The monoisotopic (exact) mass is 495 g/mol. The van der Waals surface area contributed by atoms with E-state index in [-0.39, 0.29) is 12.7 Å². The van der Waals surface area contributed by atoms with Crippen LogP contribution in [0.25, 0.3) is 0 Å². The first-order chi connectivity index (χ1) is 16.2. The van der Waals surface area contributed by atoms with Crippen molar-refractivity contribution in [3.8, 4) is 0 Å². The molecule has 186 valence electrons. The van der Waals surface area contributed by atoms with E-state index in [0.29, 0.717) is 25.0 Å². The molecule has 0 bridgehead atoms. The van der Waals surface area contributed by atoms with Crippen LogP contribution in [0.4, 0.5) is 0 Å². The summed E-state index contributed by atoms with van der Waals surface area (Å²) in [4.78, 5) is 28.5. The summed E-state index contributed by atoms with van der Waals surface area (Å²) in [6, 6.07) is 3.70. The van der Waals surface area contributed by atoms with E-state index in [1.165, 1.54) is 0 Å². The number of nitrogens with two attached hydrogens (primary N) is 1. The number of ether oxygens (including phenoxy) is 3. The number of aromatic nitrogens is 1. The van der Waals surface area contributed by atoms with Crippen molar-refractivity contribution in [2.24, 2.45) is 5.73 Å². The minimum absolute atomic E-state index is 0.0243. The number of hydrogen-bond acceptors (Lipinski definition) is 10. The fourth-order valence-electron chi connectivity index (χ4n) is 4.56. The van der Waals surface area contributed by atoms with Gasteiger partial charge in [-0.15, -0.1) is 0 Å². The van der Waals surface area contributed by atoms with Crippen molar-refractivity contribution in [3.63, 3.8) is 0 Å². The Balaban J connectivity index is 1.28. The number of rotatable bonds is 6. The first kappa shape index (κ1) is 23.8. The summed E-state index contributed by atoms with van der Waals surface area (Å²) >= 11 is 0. The summed E-state index contributed by atoms with van der Waals surface area (Å²) in [6.45, 7) is 3.92. The molecule has 5 heterocycles. The van der Waals surface area contributed by atoms with Crippen molar-refractivity contribution < 1.29 is 37.5 Å². The third kappa shape index (κ3) is 4.89. The molecule has 3 N–H and O–H groups in total. The molecule has 34 heavy (non-hydrogen) atoms. The maximum absolute atomic E-state index is 11.7. The number of fused-ring (bicyclic) bond motifs is 1. The van der Waals surface area contributed by atoms with Crippen LogP contribution >= 0.6 is 8.17 Å². The Morgan fingerprint density at radius 2 is 2.21 bits per heavy atom. The van der Waals surface area contributed by atoms with E-state index >= 15 is 0 Å². The van der Waals surface area contributed by atoms with Crippen LogP contribution in [0.1, 0.15) is 38.4 Å². The Morgan fingerprint density at radius 3 is 2.97 bits per heavy atom. The van der Waals surface area contributed by atoms with Crippen molar-refractivity contribution in [2.75, 3.05) is 13.2 Å². The molecule has 1 aromatic rings. The molecule has 5 atom stereocenters. The Bertz CT molecular complexity index is 976. The van der Waals surface area contributed by atoms with Gasteiger partial charge in [0, 0.05) is 0 Å². The number of primary amides is 1. The number of carbonyl (C=O) groups is 1. The molecule has 3 fully saturated rings. The summed E-state index contributed by atoms with van der Waals surface area (Å²) in [5.41, 5.74) is 6.78. The van der Waals surface area contributed by atoms with Gasteiger partial charge in [-0.2, -0.15) is 0 Å². The third-order valence-corrected chi connectivity index (χ3v) is 7.78. The second kappa shape index (κ2) is 9.25. The summed E-state index contributed by atoms with van der Waals surface area (Å²) in [5, 5.41) is 0. The zero-order valence-corrected chi connectivity index (χ0v) is 20.0. The zero-order valence-electron chi connectivity index (χ0n) is 19.0. The van der Waals surface area contributed by atoms with Gasteiger partial charge < -0.3 is 0 Å². The Morgan fingerprint density at radius 1 is 1.38 bits per heavy atom. The summed E-state index contributed by atoms with van der Waals surface area (Å²) in [6.07, 6.45) is 7.30. The van der Waals surface area contributed by atoms with Gasteiger partial charge in [-0.25, -0.2) is 0 Å². The first-order valence-corrected chi connectivity index (χ1v) is 12.9. The molecule has 3 saturated heterocycles. The van der Waals surface area contributed by atoms with Crippen LogP contribution in [-0.2, 0) is 32.6 Å². The fraction of sp³-hybridized carbons (Fsp3) is 0.545. The number of allylic oxidation sites excluding steroid dienone is 1. The molecular formula is C22H30N3O8P. The van der Waals surface area contributed by atoms with Gasteiger partial charge in [-0.05, 0) is 0 Å². The Hall–Kier alpha value is -1.95. The van der Waals surface area contributed by atoms with E-state index in [1.54, 1.807) is 23.5 Å². The molecule has 4 aliphatic rings. The fourth-order valence-corrected chi connectivity index (χ4v) is 6.15. The van der Waals surface area contributed by atoms with Gasteiger partial charge in [0.1, 0.15) is 0 Å². The molecule has 2 unspecified atom stereocenters. The van der Waals surface area contributed by atoms with Gasteiger partial charge in [0.2, 0.25) is 0 Å². The van der Waals surface area contributed by atoms with Crippen LogP contribution in [0, 0.1) is 0 Å². The number of nitrogens with zero attached hydrogens (tertiary/aromatic N) is 2. The molecule has 4 aliphatic heterocycles. The van der Waals surface area contributed by atoms with Gasteiger partial charge in [0.25, 0.3) is 0 Å².